The fraction of sp³-hybridized carbons (Fsp3) is 0.321. The summed E-state index contributed by atoms with van der Waals surface area (Å²) in [4.78, 5) is 11.0. The zero-order valence-electron chi connectivity index (χ0n) is 20.4. The number of alkyl halides is 3. The number of aliphatic carboxylic acids is 1. The van der Waals surface area contributed by atoms with Gasteiger partial charge in [0.25, 0.3) is 0 Å². The average molecular weight is 505 g/mol. The van der Waals surface area contributed by atoms with E-state index in [-0.39, 0.29) is 29.2 Å². The van der Waals surface area contributed by atoms with Crippen molar-refractivity contribution in [2.75, 3.05) is 7.11 Å². The minimum absolute atomic E-state index is 0.0586. The molecule has 3 aromatic rings. The molecule has 1 atom stereocenters. The number of methoxy groups -OCH3 is 1. The van der Waals surface area contributed by atoms with Gasteiger partial charge in [0.1, 0.15) is 23.9 Å². The van der Waals surface area contributed by atoms with Crippen molar-refractivity contribution in [2.24, 2.45) is 0 Å². The lowest BCUT2D eigenvalue weighted by Gasteiger charge is -2.25. The summed E-state index contributed by atoms with van der Waals surface area (Å²) < 4.78 is 66.0. The highest BCUT2D eigenvalue weighted by Gasteiger charge is 2.42. The molecule has 8 heteroatoms. The molecule has 0 aromatic heterocycles. The van der Waals surface area contributed by atoms with Gasteiger partial charge >= 0.3 is 12.1 Å². The first-order valence-electron chi connectivity index (χ1n) is 11.3. The van der Waals surface area contributed by atoms with E-state index in [9.17, 15) is 22.4 Å². The molecule has 0 amide bonds. The molecule has 0 unspecified atom stereocenters. The van der Waals surface area contributed by atoms with Crippen molar-refractivity contribution in [1.29, 1.82) is 0 Å². The van der Waals surface area contributed by atoms with Crippen LogP contribution in [0.15, 0.2) is 60.7 Å². The number of rotatable bonds is 8. The quantitative estimate of drug-likeness (QED) is 0.323. The maximum absolute atomic E-state index is 14.7. The Morgan fingerprint density at radius 3 is 2.28 bits per heavy atom. The molecule has 1 N–H and O–H groups in total. The van der Waals surface area contributed by atoms with E-state index in [4.69, 9.17) is 14.6 Å². The Balaban J connectivity index is 1.90. The Morgan fingerprint density at radius 1 is 0.944 bits per heavy atom. The average Bonchev–Trinajstić information content (AvgIpc) is 2.80. The minimum Gasteiger partial charge on any atom is -0.497 e. The van der Waals surface area contributed by atoms with Gasteiger partial charge in [0.05, 0.1) is 19.4 Å². The third kappa shape index (κ3) is 6.56. The molecule has 0 saturated carbocycles. The van der Waals surface area contributed by atoms with Gasteiger partial charge in [-0.2, -0.15) is 13.2 Å². The number of benzene rings is 3. The van der Waals surface area contributed by atoms with Crippen LogP contribution in [0, 0.1) is 5.82 Å². The lowest BCUT2D eigenvalue weighted by atomic mass is 9.81. The molecule has 0 heterocycles. The van der Waals surface area contributed by atoms with Crippen molar-refractivity contribution in [2.45, 2.75) is 51.3 Å². The molecule has 3 aromatic carbocycles. The second-order valence-corrected chi connectivity index (χ2v) is 9.53. The van der Waals surface area contributed by atoms with Crippen LogP contribution in [0.1, 0.15) is 49.8 Å². The molecule has 0 bridgehead atoms. The summed E-state index contributed by atoms with van der Waals surface area (Å²) in [5.41, 5.74) is 2.18. The van der Waals surface area contributed by atoms with E-state index in [0.717, 1.165) is 11.1 Å². The second kappa shape index (κ2) is 10.6. The number of carboxylic acids is 1. The first-order chi connectivity index (χ1) is 16.8. The standard InChI is InChI=1S/C28H28F4O4/c1-27(2,3)24-12-17(8-10-21(24)22-14-19(35-4)9-11-25(22)29)16-36-20-7-5-6-18(13-20)23(15-26(33)34)28(30,31)32/h5-14,23H,15-16H2,1-4H3,(H,33,34)/t23-/m1/s1. The van der Waals surface area contributed by atoms with E-state index in [0.29, 0.717) is 16.9 Å². The van der Waals surface area contributed by atoms with Crippen LogP contribution in [0.2, 0.25) is 0 Å². The van der Waals surface area contributed by atoms with Crippen LogP contribution in [0.3, 0.4) is 0 Å². The Bertz CT molecular complexity index is 1230. The van der Waals surface area contributed by atoms with Crippen molar-refractivity contribution in [3.8, 4) is 22.6 Å². The number of hydrogen-bond acceptors (Lipinski definition) is 3. The van der Waals surface area contributed by atoms with E-state index >= 15 is 0 Å². The van der Waals surface area contributed by atoms with Crippen LogP contribution in [-0.2, 0) is 16.8 Å². The molecule has 0 aliphatic heterocycles. The maximum atomic E-state index is 14.7. The summed E-state index contributed by atoms with van der Waals surface area (Å²) in [5.74, 6) is -3.34. The van der Waals surface area contributed by atoms with E-state index in [2.05, 4.69) is 0 Å². The van der Waals surface area contributed by atoms with Gasteiger partial charge in [-0.05, 0) is 58.0 Å². The third-order valence-corrected chi connectivity index (χ3v) is 5.80. The molecule has 0 radical (unpaired) electrons. The van der Waals surface area contributed by atoms with Crippen molar-refractivity contribution in [1.82, 2.24) is 0 Å². The van der Waals surface area contributed by atoms with E-state index in [1.807, 2.05) is 26.8 Å². The molecule has 36 heavy (non-hydrogen) atoms. The van der Waals surface area contributed by atoms with E-state index < -0.39 is 24.5 Å². The van der Waals surface area contributed by atoms with Gasteiger partial charge < -0.3 is 14.6 Å². The molecular formula is C28H28F4O4. The minimum atomic E-state index is -4.70. The zero-order valence-corrected chi connectivity index (χ0v) is 20.4. The highest BCUT2D eigenvalue weighted by molar-refractivity contribution is 5.71. The molecule has 0 fully saturated rings. The Morgan fingerprint density at radius 2 is 1.67 bits per heavy atom. The highest BCUT2D eigenvalue weighted by Crippen LogP contribution is 2.39. The van der Waals surface area contributed by atoms with Gasteiger partial charge in [-0.1, -0.05) is 51.1 Å². The van der Waals surface area contributed by atoms with Crippen molar-refractivity contribution in [3.63, 3.8) is 0 Å². The summed E-state index contributed by atoms with van der Waals surface area (Å²) in [6.07, 6.45) is -5.77. The fourth-order valence-corrected chi connectivity index (χ4v) is 3.96. The highest BCUT2D eigenvalue weighted by atomic mass is 19.4. The molecule has 0 aliphatic carbocycles. The van der Waals surface area contributed by atoms with Crippen LogP contribution in [0.4, 0.5) is 17.6 Å². The predicted molar refractivity (Wildman–Crippen MR) is 129 cm³/mol. The largest absolute Gasteiger partial charge is 0.497 e. The van der Waals surface area contributed by atoms with Gasteiger partial charge in [0, 0.05) is 5.56 Å². The normalized spacial score (nSPS) is 12.8. The van der Waals surface area contributed by atoms with Crippen LogP contribution in [0.25, 0.3) is 11.1 Å². The Kier molecular flexibility index (Phi) is 7.96. The lowest BCUT2D eigenvalue weighted by molar-refractivity contribution is -0.163. The van der Waals surface area contributed by atoms with Gasteiger partial charge in [0.2, 0.25) is 0 Å². The Labute approximate surface area is 207 Å². The maximum Gasteiger partial charge on any atom is 0.396 e. The molecule has 0 saturated heterocycles. The summed E-state index contributed by atoms with van der Waals surface area (Å²) in [6.45, 7) is 6.05. The number of ether oxygens (including phenoxy) is 2. The molecule has 3 rings (SSSR count). The summed E-state index contributed by atoms with van der Waals surface area (Å²) >= 11 is 0. The summed E-state index contributed by atoms with van der Waals surface area (Å²) in [7, 11) is 1.51. The van der Waals surface area contributed by atoms with E-state index in [1.54, 1.807) is 24.3 Å². The van der Waals surface area contributed by atoms with Crippen molar-refractivity contribution < 1.29 is 36.9 Å². The third-order valence-electron chi connectivity index (χ3n) is 5.80. The number of carbonyl (C=O) groups is 1. The summed E-state index contributed by atoms with van der Waals surface area (Å²) in [5, 5.41) is 8.91. The number of carboxylic acid groups (broad SMARTS) is 1. The lowest BCUT2D eigenvalue weighted by Crippen LogP contribution is -2.23. The van der Waals surface area contributed by atoms with Crippen LogP contribution in [0.5, 0.6) is 11.5 Å². The van der Waals surface area contributed by atoms with Gasteiger partial charge in [-0.25, -0.2) is 4.39 Å². The van der Waals surface area contributed by atoms with Crippen molar-refractivity contribution >= 4 is 5.97 Å². The smallest absolute Gasteiger partial charge is 0.396 e. The molecule has 4 nitrogen and oxygen atoms in total. The molecule has 0 aliphatic rings. The zero-order chi connectivity index (χ0) is 26.7. The number of hydrogen-bond donors (Lipinski definition) is 1. The van der Waals surface area contributed by atoms with Gasteiger partial charge in [-0.15, -0.1) is 0 Å². The fourth-order valence-electron chi connectivity index (χ4n) is 3.96. The summed E-state index contributed by atoms with van der Waals surface area (Å²) in [6, 6.07) is 15.4. The van der Waals surface area contributed by atoms with Gasteiger partial charge in [-0.3, -0.25) is 4.79 Å². The number of halogens is 4. The second-order valence-electron chi connectivity index (χ2n) is 9.53. The Hall–Kier alpha value is -3.55. The van der Waals surface area contributed by atoms with Gasteiger partial charge in [0.15, 0.2) is 0 Å². The van der Waals surface area contributed by atoms with Crippen LogP contribution >= 0.6 is 0 Å². The molecule has 0 spiro atoms. The van der Waals surface area contributed by atoms with Crippen LogP contribution in [-0.4, -0.2) is 24.4 Å². The first-order valence-corrected chi connectivity index (χ1v) is 11.3. The monoisotopic (exact) mass is 504 g/mol. The first kappa shape index (κ1) is 27.0. The van der Waals surface area contributed by atoms with Crippen molar-refractivity contribution in [3.05, 3.63) is 83.2 Å². The topological polar surface area (TPSA) is 55.8 Å². The van der Waals surface area contributed by atoms with Crippen LogP contribution < -0.4 is 9.47 Å². The molecule has 192 valence electrons. The predicted octanol–water partition coefficient (Wildman–Crippen LogP) is 7.50. The SMILES string of the molecule is COc1ccc(F)c(-c2ccc(COc3cccc([C@@H](CC(=O)O)C(F)(F)F)c3)cc2C(C)(C)C)c1. The van der Waals surface area contributed by atoms with E-state index in [1.165, 1.54) is 37.4 Å². The molecular weight excluding hydrogens is 476 g/mol.